The monoisotopic (exact) mass is 334 g/mol. The summed E-state index contributed by atoms with van der Waals surface area (Å²) in [4.78, 5) is 4.58. The molecule has 0 spiro atoms. The Hall–Kier alpha value is -2.39. The Labute approximate surface area is 150 Å². The molecule has 0 aliphatic rings. The molecule has 3 rings (SSSR count). The molecular weight excluding hydrogens is 308 g/mol. The molecule has 3 aromatic rings. The van der Waals surface area contributed by atoms with E-state index >= 15 is 0 Å². The lowest BCUT2D eigenvalue weighted by Crippen LogP contribution is -2.32. The highest BCUT2D eigenvalue weighted by Crippen LogP contribution is 2.38. The van der Waals surface area contributed by atoms with Crippen molar-refractivity contribution in [2.75, 3.05) is 0 Å². The van der Waals surface area contributed by atoms with E-state index in [1.807, 2.05) is 55.1 Å². The summed E-state index contributed by atoms with van der Waals surface area (Å²) in [6, 6.07) is 16.1. The first-order valence-corrected chi connectivity index (χ1v) is 8.85. The predicted octanol–water partition coefficient (Wildman–Crippen LogP) is 4.27. The molecule has 0 aliphatic heterocycles. The summed E-state index contributed by atoms with van der Waals surface area (Å²) in [7, 11) is 1.99. The highest BCUT2D eigenvalue weighted by molar-refractivity contribution is 5.49. The van der Waals surface area contributed by atoms with Crippen molar-refractivity contribution in [3.8, 4) is 0 Å². The maximum atomic E-state index is 12.0. The Balaban J connectivity index is 2.29. The van der Waals surface area contributed by atoms with Crippen molar-refractivity contribution >= 4 is 0 Å². The third-order valence-electron chi connectivity index (χ3n) is 4.90. The third-order valence-corrected chi connectivity index (χ3v) is 4.90. The zero-order valence-corrected chi connectivity index (χ0v) is 15.5. The molecule has 0 radical (unpaired) electrons. The van der Waals surface area contributed by atoms with Crippen LogP contribution in [0.3, 0.4) is 0 Å². The van der Waals surface area contributed by atoms with Crippen LogP contribution in [-0.4, -0.2) is 14.7 Å². The van der Waals surface area contributed by atoms with Crippen LogP contribution in [0.1, 0.15) is 47.1 Å². The van der Waals surface area contributed by atoms with Gasteiger partial charge in [-0.25, -0.2) is 4.98 Å². The van der Waals surface area contributed by atoms with Gasteiger partial charge in [0.15, 0.2) is 5.60 Å². The largest absolute Gasteiger partial charge is 0.374 e. The Morgan fingerprint density at radius 3 is 2.48 bits per heavy atom. The predicted molar refractivity (Wildman–Crippen MR) is 102 cm³/mol. The number of aliphatic hydroxyl groups is 1. The van der Waals surface area contributed by atoms with Crippen LogP contribution in [0.15, 0.2) is 54.7 Å². The summed E-state index contributed by atoms with van der Waals surface area (Å²) in [5.41, 5.74) is 3.53. The third kappa shape index (κ3) is 3.00. The van der Waals surface area contributed by atoms with Gasteiger partial charge in [-0.1, -0.05) is 61.0 Å². The highest BCUT2D eigenvalue weighted by atomic mass is 16.3. The van der Waals surface area contributed by atoms with E-state index in [-0.39, 0.29) is 0 Å². The highest BCUT2D eigenvalue weighted by Gasteiger charge is 2.38. The first kappa shape index (κ1) is 17.4. The Bertz CT molecular complexity index is 867. The van der Waals surface area contributed by atoms with Gasteiger partial charge in [-0.3, -0.25) is 0 Å². The second kappa shape index (κ2) is 6.85. The van der Waals surface area contributed by atoms with Crippen LogP contribution in [-0.2, 0) is 19.1 Å². The van der Waals surface area contributed by atoms with E-state index in [2.05, 4.69) is 37.0 Å². The number of imidazole rings is 1. The molecule has 3 nitrogen and oxygen atoms in total. The molecule has 1 atom stereocenters. The first-order valence-electron chi connectivity index (χ1n) is 8.85. The molecule has 0 saturated carbocycles. The van der Waals surface area contributed by atoms with Gasteiger partial charge in [0.1, 0.15) is 5.82 Å². The van der Waals surface area contributed by atoms with Crippen LogP contribution < -0.4 is 0 Å². The molecule has 0 bridgehead atoms. The lowest BCUT2D eigenvalue weighted by Gasteiger charge is -2.31. The van der Waals surface area contributed by atoms with E-state index in [0.717, 1.165) is 46.6 Å². The molecule has 130 valence electrons. The van der Waals surface area contributed by atoms with Crippen LogP contribution in [0.25, 0.3) is 0 Å². The quantitative estimate of drug-likeness (QED) is 0.756. The van der Waals surface area contributed by atoms with Gasteiger partial charge in [0, 0.05) is 13.5 Å². The topological polar surface area (TPSA) is 38.1 Å². The van der Waals surface area contributed by atoms with Crippen LogP contribution in [0.4, 0.5) is 0 Å². The van der Waals surface area contributed by atoms with Gasteiger partial charge in [0.25, 0.3) is 0 Å². The number of aromatic nitrogens is 2. The van der Waals surface area contributed by atoms with Gasteiger partial charge in [-0.05, 0) is 37.0 Å². The minimum Gasteiger partial charge on any atom is -0.374 e. The van der Waals surface area contributed by atoms with E-state index in [4.69, 9.17) is 0 Å². The van der Waals surface area contributed by atoms with Crippen molar-refractivity contribution in [3.63, 3.8) is 0 Å². The minimum absolute atomic E-state index is 0.802. The lowest BCUT2D eigenvalue weighted by molar-refractivity contribution is 0.116. The molecule has 1 heterocycles. The van der Waals surface area contributed by atoms with Gasteiger partial charge in [-0.2, -0.15) is 0 Å². The fourth-order valence-electron chi connectivity index (χ4n) is 3.49. The zero-order chi connectivity index (χ0) is 18.0. The summed E-state index contributed by atoms with van der Waals surface area (Å²) >= 11 is 0. The average Bonchev–Trinajstić information content (AvgIpc) is 2.99. The SMILES string of the molecule is CCCc1ncc([C@@](O)(c2ccccc2)c2cc(C)ccc2C)n1C. The van der Waals surface area contributed by atoms with Crippen molar-refractivity contribution < 1.29 is 5.11 Å². The summed E-state index contributed by atoms with van der Waals surface area (Å²) in [6.07, 6.45) is 3.74. The second-order valence-corrected chi connectivity index (χ2v) is 6.76. The standard InChI is InChI=1S/C22H26N2O/c1-5-9-21-23-15-20(24(21)4)22(25,18-10-7-6-8-11-18)19-14-16(2)12-13-17(19)3/h6-8,10-15,25H,5,9H2,1-4H3/t22-/m1/s1. The van der Waals surface area contributed by atoms with Gasteiger partial charge < -0.3 is 9.67 Å². The van der Waals surface area contributed by atoms with Crippen molar-refractivity contribution in [2.24, 2.45) is 7.05 Å². The number of hydrogen-bond acceptors (Lipinski definition) is 2. The van der Waals surface area contributed by atoms with E-state index in [1.54, 1.807) is 0 Å². The summed E-state index contributed by atoms with van der Waals surface area (Å²) in [6.45, 7) is 6.24. The Morgan fingerprint density at radius 2 is 1.80 bits per heavy atom. The fraction of sp³-hybridized carbons (Fsp3) is 0.318. The smallest absolute Gasteiger partial charge is 0.157 e. The Morgan fingerprint density at radius 1 is 1.08 bits per heavy atom. The van der Waals surface area contributed by atoms with Gasteiger partial charge in [-0.15, -0.1) is 0 Å². The molecular formula is C22H26N2O. The number of hydrogen-bond donors (Lipinski definition) is 1. The van der Waals surface area contributed by atoms with Crippen LogP contribution in [0.2, 0.25) is 0 Å². The van der Waals surface area contributed by atoms with Gasteiger partial charge in [0.2, 0.25) is 0 Å². The normalized spacial score (nSPS) is 13.6. The van der Waals surface area contributed by atoms with Crippen LogP contribution in [0, 0.1) is 13.8 Å². The van der Waals surface area contributed by atoms with Gasteiger partial charge in [0.05, 0.1) is 11.9 Å². The number of aryl methyl sites for hydroxylation is 3. The molecule has 0 amide bonds. The van der Waals surface area contributed by atoms with E-state index in [0.29, 0.717) is 0 Å². The van der Waals surface area contributed by atoms with Crippen molar-refractivity contribution in [3.05, 3.63) is 88.5 Å². The summed E-state index contributed by atoms with van der Waals surface area (Å²) in [5.74, 6) is 0.997. The summed E-state index contributed by atoms with van der Waals surface area (Å²) in [5, 5.41) is 12.0. The van der Waals surface area contributed by atoms with Crippen molar-refractivity contribution in [2.45, 2.75) is 39.2 Å². The maximum absolute atomic E-state index is 12.0. The van der Waals surface area contributed by atoms with E-state index in [9.17, 15) is 5.11 Å². The zero-order valence-electron chi connectivity index (χ0n) is 15.5. The first-order chi connectivity index (χ1) is 12.0. The molecule has 3 heteroatoms. The van der Waals surface area contributed by atoms with Gasteiger partial charge >= 0.3 is 0 Å². The number of benzene rings is 2. The minimum atomic E-state index is -1.23. The number of nitrogens with zero attached hydrogens (tertiary/aromatic N) is 2. The number of rotatable bonds is 5. The summed E-state index contributed by atoms with van der Waals surface area (Å²) < 4.78 is 2.04. The van der Waals surface area contributed by atoms with Crippen molar-refractivity contribution in [1.29, 1.82) is 0 Å². The molecule has 25 heavy (non-hydrogen) atoms. The molecule has 0 saturated heterocycles. The lowest BCUT2D eigenvalue weighted by atomic mass is 9.81. The van der Waals surface area contributed by atoms with Crippen molar-refractivity contribution in [1.82, 2.24) is 9.55 Å². The maximum Gasteiger partial charge on any atom is 0.157 e. The van der Waals surface area contributed by atoms with Crippen LogP contribution in [0.5, 0.6) is 0 Å². The molecule has 0 aliphatic carbocycles. The molecule has 2 aromatic carbocycles. The second-order valence-electron chi connectivity index (χ2n) is 6.76. The molecule has 1 aromatic heterocycles. The Kier molecular flexibility index (Phi) is 4.78. The molecule has 0 fully saturated rings. The fourth-order valence-corrected chi connectivity index (χ4v) is 3.49. The van der Waals surface area contributed by atoms with E-state index < -0.39 is 5.60 Å². The molecule has 1 N–H and O–H groups in total. The van der Waals surface area contributed by atoms with Crippen LogP contribution >= 0.6 is 0 Å². The molecule has 0 unspecified atom stereocenters. The van der Waals surface area contributed by atoms with E-state index in [1.165, 1.54) is 0 Å². The average molecular weight is 334 g/mol.